The van der Waals surface area contributed by atoms with E-state index >= 15 is 0 Å². The van der Waals surface area contributed by atoms with E-state index in [1.165, 1.54) is 0 Å². The topological polar surface area (TPSA) is 64.3 Å². The number of rotatable bonds is 4. The van der Waals surface area contributed by atoms with E-state index in [0.717, 1.165) is 32.6 Å². The standard InChI is InChI=1S/C9H18N2O2/c1-9(2-4-13-5-3-9)7-11-6-8(10)12/h11H,2-7H2,1H3,(H2,10,12). The van der Waals surface area contributed by atoms with Crippen molar-refractivity contribution in [3.8, 4) is 0 Å². The lowest BCUT2D eigenvalue weighted by Gasteiger charge is -2.33. The van der Waals surface area contributed by atoms with E-state index in [4.69, 9.17) is 10.5 Å². The van der Waals surface area contributed by atoms with Crippen LogP contribution in [0.25, 0.3) is 0 Å². The number of amides is 1. The van der Waals surface area contributed by atoms with Crippen LogP contribution in [0.1, 0.15) is 19.8 Å². The molecule has 1 rings (SSSR count). The lowest BCUT2D eigenvalue weighted by Crippen LogP contribution is -2.40. The zero-order valence-corrected chi connectivity index (χ0v) is 8.14. The van der Waals surface area contributed by atoms with Gasteiger partial charge in [-0.15, -0.1) is 0 Å². The summed E-state index contributed by atoms with van der Waals surface area (Å²) in [5.41, 5.74) is 5.30. The third-order valence-corrected chi connectivity index (χ3v) is 2.55. The minimum atomic E-state index is -0.296. The first-order chi connectivity index (χ1) is 6.12. The van der Waals surface area contributed by atoms with Gasteiger partial charge in [-0.25, -0.2) is 0 Å². The molecule has 4 nitrogen and oxygen atoms in total. The van der Waals surface area contributed by atoms with Crippen LogP contribution >= 0.6 is 0 Å². The molecular weight excluding hydrogens is 168 g/mol. The first-order valence-corrected chi connectivity index (χ1v) is 4.69. The molecule has 1 amide bonds. The zero-order chi connectivity index (χ0) is 9.73. The second kappa shape index (κ2) is 4.58. The van der Waals surface area contributed by atoms with Crippen LogP contribution in [-0.4, -0.2) is 32.2 Å². The molecule has 0 aromatic rings. The predicted octanol–water partition coefficient (Wildman–Crippen LogP) is -0.122. The fraction of sp³-hybridized carbons (Fsp3) is 0.889. The highest BCUT2D eigenvalue weighted by molar-refractivity contribution is 5.75. The van der Waals surface area contributed by atoms with Crippen LogP contribution in [0.2, 0.25) is 0 Å². The molecule has 0 aromatic carbocycles. The van der Waals surface area contributed by atoms with Crippen LogP contribution in [0.15, 0.2) is 0 Å². The molecule has 76 valence electrons. The number of carbonyl (C=O) groups is 1. The monoisotopic (exact) mass is 186 g/mol. The van der Waals surface area contributed by atoms with E-state index < -0.39 is 0 Å². The minimum absolute atomic E-state index is 0.272. The van der Waals surface area contributed by atoms with Crippen molar-refractivity contribution in [1.29, 1.82) is 0 Å². The van der Waals surface area contributed by atoms with E-state index in [9.17, 15) is 4.79 Å². The van der Waals surface area contributed by atoms with Gasteiger partial charge >= 0.3 is 0 Å². The Balaban J connectivity index is 2.21. The highest BCUT2D eigenvalue weighted by Gasteiger charge is 2.26. The van der Waals surface area contributed by atoms with Crippen LogP contribution in [-0.2, 0) is 9.53 Å². The molecule has 0 bridgehead atoms. The van der Waals surface area contributed by atoms with Crippen LogP contribution < -0.4 is 11.1 Å². The molecule has 13 heavy (non-hydrogen) atoms. The van der Waals surface area contributed by atoms with Gasteiger partial charge in [0.15, 0.2) is 0 Å². The average molecular weight is 186 g/mol. The van der Waals surface area contributed by atoms with Gasteiger partial charge in [0.1, 0.15) is 0 Å². The van der Waals surface area contributed by atoms with E-state index in [1.54, 1.807) is 0 Å². The van der Waals surface area contributed by atoms with Gasteiger partial charge in [0.05, 0.1) is 6.54 Å². The summed E-state index contributed by atoms with van der Waals surface area (Å²) < 4.78 is 5.27. The first-order valence-electron chi connectivity index (χ1n) is 4.69. The predicted molar refractivity (Wildman–Crippen MR) is 50.2 cm³/mol. The summed E-state index contributed by atoms with van der Waals surface area (Å²) in [5, 5.41) is 3.06. The van der Waals surface area contributed by atoms with Gasteiger partial charge in [0, 0.05) is 19.8 Å². The lowest BCUT2D eigenvalue weighted by atomic mass is 9.82. The molecule has 1 saturated heterocycles. The Morgan fingerprint density at radius 1 is 1.54 bits per heavy atom. The highest BCUT2D eigenvalue weighted by Crippen LogP contribution is 2.28. The Hall–Kier alpha value is -0.610. The van der Waals surface area contributed by atoms with E-state index in [0.29, 0.717) is 0 Å². The zero-order valence-electron chi connectivity index (χ0n) is 8.14. The summed E-state index contributed by atoms with van der Waals surface area (Å²) in [4.78, 5) is 10.5. The summed E-state index contributed by atoms with van der Waals surface area (Å²) >= 11 is 0. The third kappa shape index (κ3) is 3.74. The first kappa shape index (κ1) is 10.5. The van der Waals surface area contributed by atoms with Crippen molar-refractivity contribution in [3.05, 3.63) is 0 Å². The van der Waals surface area contributed by atoms with Crippen molar-refractivity contribution in [3.63, 3.8) is 0 Å². The number of carbonyl (C=O) groups excluding carboxylic acids is 1. The Morgan fingerprint density at radius 3 is 2.69 bits per heavy atom. The largest absolute Gasteiger partial charge is 0.381 e. The van der Waals surface area contributed by atoms with Crippen LogP contribution in [0.5, 0.6) is 0 Å². The molecule has 3 N–H and O–H groups in total. The minimum Gasteiger partial charge on any atom is -0.381 e. The Morgan fingerprint density at radius 2 is 2.15 bits per heavy atom. The van der Waals surface area contributed by atoms with Gasteiger partial charge in [0.25, 0.3) is 0 Å². The van der Waals surface area contributed by atoms with Crippen LogP contribution in [0.3, 0.4) is 0 Å². The average Bonchev–Trinajstić information content (AvgIpc) is 2.04. The van der Waals surface area contributed by atoms with Crippen LogP contribution in [0.4, 0.5) is 0 Å². The molecule has 1 heterocycles. The van der Waals surface area contributed by atoms with Crippen molar-refractivity contribution in [2.24, 2.45) is 11.1 Å². The second-order valence-corrected chi connectivity index (χ2v) is 3.99. The molecule has 1 aliphatic rings. The molecular formula is C9H18N2O2. The SMILES string of the molecule is CC1(CNCC(N)=O)CCOCC1. The highest BCUT2D eigenvalue weighted by atomic mass is 16.5. The quantitative estimate of drug-likeness (QED) is 0.643. The smallest absolute Gasteiger partial charge is 0.231 e. The van der Waals surface area contributed by atoms with Gasteiger partial charge in [-0.1, -0.05) is 6.92 Å². The number of hydrogen-bond acceptors (Lipinski definition) is 3. The normalized spacial score (nSPS) is 21.3. The summed E-state index contributed by atoms with van der Waals surface area (Å²) in [5.74, 6) is -0.296. The molecule has 0 radical (unpaired) electrons. The molecule has 0 aliphatic carbocycles. The van der Waals surface area contributed by atoms with E-state index in [-0.39, 0.29) is 17.9 Å². The Kier molecular flexibility index (Phi) is 3.69. The van der Waals surface area contributed by atoms with E-state index in [1.807, 2.05) is 0 Å². The van der Waals surface area contributed by atoms with Crippen molar-refractivity contribution >= 4 is 5.91 Å². The number of nitrogens with two attached hydrogens (primary N) is 1. The third-order valence-electron chi connectivity index (χ3n) is 2.55. The number of hydrogen-bond donors (Lipinski definition) is 2. The van der Waals surface area contributed by atoms with Crippen LogP contribution in [0, 0.1) is 5.41 Å². The number of nitrogens with one attached hydrogen (secondary N) is 1. The van der Waals surface area contributed by atoms with Gasteiger partial charge in [-0.2, -0.15) is 0 Å². The molecule has 1 fully saturated rings. The Labute approximate surface area is 78.8 Å². The van der Waals surface area contributed by atoms with Crippen molar-refractivity contribution in [2.45, 2.75) is 19.8 Å². The molecule has 0 unspecified atom stereocenters. The summed E-state index contributed by atoms with van der Waals surface area (Å²) in [6.45, 7) is 4.99. The summed E-state index contributed by atoms with van der Waals surface area (Å²) in [7, 11) is 0. The summed E-state index contributed by atoms with van der Waals surface area (Å²) in [6.07, 6.45) is 2.11. The molecule has 1 aliphatic heterocycles. The molecule has 0 saturated carbocycles. The maximum atomic E-state index is 10.5. The van der Waals surface area contributed by atoms with Crippen molar-refractivity contribution in [1.82, 2.24) is 5.32 Å². The van der Waals surface area contributed by atoms with Gasteiger partial charge < -0.3 is 15.8 Å². The maximum absolute atomic E-state index is 10.5. The molecule has 4 heteroatoms. The van der Waals surface area contributed by atoms with Gasteiger partial charge in [-0.3, -0.25) is 4.79 Å². The van der Waals surface area contributed by atoms with E-state index in [2.05, 4.69) is 12.2 Å². The number of primary amides is 1. The molecule has 0 aromatic heterocycles. The fourth-order valence-corrected chi connectivity index (χ4v) is 1.53. The molecule has 0 spiro atoms. The van der Waals surface area contributed by atoms with Crippen molar-refractivity contribution in [2.75, 3.05) is 26.3 Å². The lowest BCUT2D eigenvalue weighted by molar-refractivity contribution is -0.117. The second-order valence-electron chi connectivity index (χ2n) is 3.99. The maximum Gasteiger partial charge on any atom is 0.231 e. The van der Waals surface area contributed by atoms with Gasteiger partial charge in [-0.05, 0) is 18.3 Å². The summed E-state index contributed by atoms with van der Waals surface area (Å²) in [6, 6.07) is 0. The fourth-order valence-electron chi connectivity index (χ4n) is 1.53. The van der Waals surface area contributed by atoms with Gasteiger partial charge in [0.2, 0.25) is 5.91 Å². The number of ether oxygens (including phenoxy) is 1. The molecule has 0 atom stereocenters. The Bertz CT molecular complexity index is 176. The van der Waals surface area contributed by atoms with Crippen molar-refractivity contribution < 1.29 is 9.53 Å².